The minimum atomic E-state index is 0. The van der Waals surface area contributed by atoms with E-state index in [0.29, 0.717) is 12.5 Å². The van der Waals surface area contributed by atoms with E-state index in [1.807, 2.05) is 13.0 Å². The average molecular weight is 569 g/mol. The Morgan fingerprint density at radius 2 is 1.91 bits per heavy atom. The standard InChI is InChI=1S/C25H36N4O3.HI/c1-4-26-25(29-12-11-21(18-29)20-6-8-22(30-3)9-7-20)27-17-23(24-10-5-19(2)32-24)28-13-15-31-16-14-28;/h5-10,21,23H,4,11-18H2,1-3H3,(H,26,27);1H. The van der Waals surface area contributed by atoms with Crippen molar-refractivity contribution in [3.05, 3.63) is 53.5 Å². The Morgan fingerprint density at radius 1 is 1.15 bits per heavy atom. The lowest BCUT2D eigenvalue weighted by atomic mass is 9.98. The van der Waals surface area contributed by atoms with E-state index in [4.69, 9.17) is 18.9 Å². The van der Waals surface area contributed by atoms with Gasteiger partial charge in [0.2, 0.25) is 0 Å². The summed E-state index contributed by atoms with van der Waals surface area (Å²) in [4.78, 5) is 9.90. The Bertz CT molecular complexity index is 880. The third kappa shape index (κ3) is 6.64. The Balaban J connectivity index is 0.00000306. The van der Waals surface area contributed by atoms with E-state index in [2.05, 4.69) is 52.4 Å². The molecule has 0 saturated carbocycles. The zero-order chi connectivity index (χ0) is 22.3. The van der Waals surface area contributed by atoms with Crippen molar-refractivity contribution in [2.24, 2.45) is 4.99 Å². The first kappa shape index (κ1) is 25.8. The first-order valence-electron chi connectivity index (χ1n) is 11.7. The van der Waals surface area contributed by atoms with Gasteiger partial charge in [-0.3, -0.25) is 9.89 Å². The number of ether oxygens (including phenoxy) is 2. The van der Waals surface area contributed by atoms with Crippen molar-refractivity contribution >= 4 is 29.9 Å². The smallest absolute Gasteiger partial charge is 0.194 e. The summed E-state index contributed by atoms with van der Waals surface area (Å²) in [6.45, 7) is 10.9. The van der Waals surface area contributed by atoms with Crippen LogP contribution in [0.15, 0.2) is 45.8 Å². The second-order valence-electron chi connectivity index (χ2n) is 8.51. The number of rotatable bonds is 7. The fraction of sp³-hybridized carbons (Fsp3) is 0.560. The Morgan fingerprint density at radius 3 is 2.55 bits per heavy atom. The van der Waals surface area contributed by atoms with Crippen LogP contribution < -0.4 is 10.1 Å². The number of benzene rings is 1. The van der Waals surface area contributed by atoms with Crippen molar-refractivity contribution in [2.45, 2.75) is 32.2 Å². The van der Waals surface area contributed by atoms with Crippen LogP contribution >= 0.6 is 24.0 Å². The predicted octanol–water partition coefficient (Wildman–Crippen LogP) is 4.04. The van der Waals surface area contributed by atoms with Gasteiger partial charge in [0.15, 0.2) is 5.96 Å². The molecule has 2 saturated heterocycles. The number of hydrogen-bond donors (Lipinski definition) is 1. The second kappa shape index (κ2) is 12.6. The highest BCUT2D eigenvalue weighted by Gasteiger charge is 2.28. The molecule has 0 amide bonds. The Hall–Kier alpha value is -1.78. The van der Waals surface area contributed by atoms with Crippen LogP contribution in [0.4, 0.5) is 0 Å². The van der Waals surface area contributed by atoms with Crippen molar-refractivity contribution in [3.8, 4) is 5.75 Å². The summed E-state index contributed by atoms with van der Waals surface area (Å²) in [5, 5.41) is 3.51. The maximum Gasteiger partial charge on any atom is 0.194 e. The van der Waals surface area contributed by atoms with Gasteiger partial charge in [0.05, 0.1) is 32.9 Å². The van der Waals surface area contributed by atoms with Gasteiger partial charge in [0.1, 0.15) is 17.3 Å². The highest BCUT2D eigenvalue weighted by Crippen LogP contribution is 2.29. The number of nitrogens with one attached hydrogen (secondary N) is 1. The first-order valence-corrected chi connectivity index (χ1v) is 11.7. The number of morpholine rings is 1. The lowest BCUT2D eigenvalue weighted by Gasteiger charge is -2.33. The molecular weight excluding hydrogens is 531 g/mol. The zero-order valence-electron chi connectivity index (χ0n) is 20.0. The number of guanidine groups is 1. The van der Waals surface area contributed by atoms with Crippen LogP contribution in [0.1, 0.15) is 42.4 Å². The van der Waals surface area contributed by atoms with Crippen molar-refractivity contribution in [3.63, 3.8) is 0 Å². The molecule has 33 heavy (non-hydrogen) atoms. The minimum absolute atomic E-state index is 0. The maximum atomic E-state index is 6.01. The highest BCUT2D eigenvalue weighted by molar-refractivity contribution is 14.0. The Labute approximate surface area is 214 Å². The quantitative estimate of drug-likeness (QED) is 0.309. The van der Waals surface area contributed by atoms with Crippen LogP contribution in [0, 0.1) is 6.92 Å². The minimum Gasteiger partial charge on any atom is -0.497 e. The molecular formula is C25H37IN4O3. The van der Waals surface area contributed by atoms with Gasteiger partial charge in [0.25, 0.3) is 0 Å². The summed E-state index contributed by atoms with van der Waals surface area (Å²) < 4.78 is 16.9. The Kier molecular flexibility index (Phi) is 9.88. The molecule has 2 fully saturated rings. The summed E-state index contributed by atoms with van der Waals surface area (Å²) in [5.74, 6) is 4.33. The third-order valence-corrected chi connectivity index (χ3v) is 6.40. The molecule has 2 aliphatic rings. The number of nitrogens with zero attached hydrogens (tertiary/aromatic N) is 3. The fourth-order valence-electron chi connectivity index (χ4n) is 4.61. The van der Waals surface area contributed by atoms with Gasteiger partial charge in [0, 0.05) is 38.6 Å². The first-order chi connectivity index (χ1) is 15.7. The van der Waals surface area contributed by atoms with Gasteiger partial charge in [-0.05, 0) is 50.1 Å². The van der Waals surface area contributed by atoms with Crippen LogP contribution in [0.3, 0.4) is 0 Å². The van der Waals surface area contributed by atoms with Crippen LogP contribution in [0.5, 0.6) is 5.75 Å². The molecule has 182 valence electrons. The van der Waals surface area contributed by atoms with E-state index in [1.54, 1.807) is 7.11 Å². The fourth-order valence-corrected chi connectivity index (χ4v) is 4.61. The second-order valence-corrected chi connectivity index (χ2v) is 8.51. The van der Waals surface area contributed by atoms with E-state index in [-0.39, 0.29) is 30.0 Å². The molecule has 3 heterocycles. The molecule has 8 heteroatoms. The summed E-state index contributed by atoms with van der Waals surface area (Å²) in [5.41, 5.74) is 1.36. The van der Waals surface area contributed by atoms with E-state index < -0.39 is 0 Å². The van der Waals surface area contributed by atoms with Gasteiger partial charge >= 0.3 is 0 Å². The number of aryl methyl sites for hydroxylation is 1. The molecule has 1 N–H and O–H groups in total. The zero-order valence-corrected chi connectivity index (χ0v) is 22.3. The number of likely N-dealkylation sites (tertiary alicyclic amines) is 1. The van der Waals surface area contributed by atoms with E-state index >= 15 is 0 Å². The number of halogens is 1. The van der Waals surface area contributed by atoms with Crippen LogP contribution in [0.25, 0.3) is 0 Å². The topological polar surface area (TPSA) is 62.5 Å². The molecule has 0 radical (unpaired) electrons. The van der Waals surface area contributed by atoms with Gasteiger partial charge < -0.3 is 24.1 Å². The molecule has 0 aliphatic carbocycles. The number of hydrogen-bond acceptors (Lipinski definition) is 5. The lowest BCUT2D eigenvalue weighted by Crippen LogP contribution is -2.42. The molecule has 2 unspecified atom stereocenters. The molecule has 1 aromatic heterocycles. The van der Waals surface area contributed by atoms with Crippen molar-refractivity contribution in [2.75, 3.05) is 59.6 Å². The monoisotopic (exact) mass is 568 g/mol. The maximum absolute atomic E-state index is 6.01. The summed E-state index contributed by atoms with van der Waals surface area (Å²) >= 11 is 0. The van der Waals surface area contributed by atoms with Crippen LogP contribution in [-0.2, 0) is 4.74 Å². The van der Waals surface area contributed by atoms with Crippen molar-refractivity contribution in [1.82, 2.24) is 15.1 Å². The molecule has 7 nitrogen and oxygen atoms in total. The SMILES string of the molecule is CCNC(=NCC(c1ccc(C)o1)N1CCOCC1)N1CCC(c2ccc(OC)cc2)C1.I. The molecule has 2 aromatic rings. The van der Waals surface area contributed by atoms with Gasteiger partial charge in [-0.25, -0.2) is 0 Å². The number of aliphatic imine (C=N–C) groups is 1. The van der Waals surface area contributed by atoms with Crippen molar-refractivity contribution in [1.29, 1.82) is 0 Å². The van der Waals surface area contributed by atoms with E-state index in [9.17, 15) is 0 Å². The highest BCUT2D eigenvalue weighted by atomic mass is 127. The number of methoxy groups -OCH3 is 1. The third-order valence-electron chi connectivity index (χ3n) is 6.40. The van der Waals surface area contributed by atoms with E-state index in [0.717, 1.165) is 75.6 Å². The lowest BCUT2D eigenvalue weighted by molar-refractivity contribution is 0.0135. The molecule has 2 atom stereocenters. The number of furan rings is 1. The summed E-state index contributed by atoms with van der Waals surface area (Å²) in [6.07, 6.45) is 1.13. The summed E-state index contributed by atoms with van der Waals surface area (Å²) in [7, 11) is 1.71. The average Bonchev–Trinajstić information content (AvgIpc) is 3.49. The largest absolute Gasteiger partial charge is 0.497 e. The normalized spacial score (nSPS) is 20.4. The van der Waals surface area contributed by atoms with Gasteiger partial charge in [-0.2, -0.15) is 0 Å². The van der Waals surface area contributed by atoms with Crippen molar-refractivity contribution < 1.29 is 13.9 Å². The summed E-state index contributed by atoms with van der Waals surface area (Å²) in [6, 6.07) is 12.7. The molecule has 2 aliphatic heterocycles. The van der Waals surface area contributed by atoms with Crippen LogP contribution in [-0.4, -0.2) is 75.4 Å². The van der Waals surface area contributed by atoms with Gasteiger partial charge in [-0.1, -0.05) is 12.1 Å². The molecule has 0 spiro atoms. The van der Waals surface area contributed by atoms with Crippen LogP contribution in [0.2, 0.25) is 0 Å². The molecule has 1 aromatic carbocycles. The molecule has 4 rings (SSSR count). The predicted molar refractivity (Wildman–Crippen MR) is 142 cm³/mol. The van der Waals surface area contributed by atoms with Gasteiger partial charge in [-0.15, -0.1) is 24.0 Å². The molecule has 0 bridgehead atoms. The van der Waals surface area contributed by atoms with E-state index in [1.165, 1.54) is 5.56 Å².